The molecule has 4 aromatic rings. The summed E-state index contributed by atoms with van der Waals surface area (Å²) in [5, 5.41) is 14.4. The standard InChI is InChI=1S/C33H32N2O4/c36-33(37)28-14-12-24(13-15-28)7-6-22-34-39-32(26-9-2-1-3-10-26)27-17-20-30(21-18-27)38-23-29-19-16-25-8-4-5-11-31(25)35-29/h4-8,11-22,26,32H,1-3,9-10,23H2,(H,36,37)/b7-6+,34-22+. The van der Waals surface area contributed by atoms with Gasteiger partial charge in [0.2, 0.25) is 0 Å². The minimum atomic E-state index is -0.934. The second-order valence-electron chi connectivity index (χ2n) is 9.82. The van der Waals surface area contributed by atoms with Gasteiger partial charge in [-0.2, -0.15) is 0 Å². The number of aromatic nitrogens is 1. The first-order valence-electron chi connectivity index (χ1n) is 13.4. The molecule has 0 aliphatic heterocycles. The van der Waals surface area contributed by atoms with Crippen LogP contribution in [-0.2, 0) is 11.4 Å². The quantitative estimate of drug-likeness (QED) is 0.170. The van der Waals surface area contributed by atoms with E-state index in [0.29, 0.717) is 12.5 Å². The largest absolute Gasteiger partial charge is 0.487 e. The van der Waals surface area contributed by atoms with Gasteiger partial charge in [-0.25, -0.2) is 9.78 Å². The molecule has 0 saturated heterocycles. The molecule has 0 spiro atoms. The summed E-state index contributed by atoms with van der Waals surface area (Å²) in [6.07, 6.45) is 11.1. The maximum atomic E-state index is 11.0. The molecule has 1 aliphatic rings. The molecule has 1 heterocycles. The van der Waals surface area contributed by atoms with Gasteiger partial charge in [0, 0.05) is 11.3 Å². The number of allylic oxidation sites excluding steroid dienone is 1. The average molecular weight is 521 g/mol. The number of hydrogen-bond acceptors (Lipinski definition) is 5. The number of rotatable bonds is 10. The molecule has 1 aliphatic carbocycles. The third-order valence-corrected chi connectivity index (χ3v) is 7.10. The van der Waals surface area contributed by atoms with Crippen LogP contribution in [0, 0.1) is 5.92 Å². The van der Waals surface area contributed by atoms with Crippen LogP contribution in [0.2, 0.25) is 0 Å². The van der Waals surface area contributed by atoms with E-state index in [1.165, 1.54) is 19.3 Å². The average Bonchev–Trinajstić information content (AvgIpc) is 2.99. The molecule has 3 aromatic carbocycles. The number of aromatic carboxylic acids is 1. The highest BCUT2D eigenvalue weighted by Crippen LogP contribution is 2.37. The minimum absolute atomic E-state index is 0.124. The lowest BCUT2D eigenvalue weighted by Crippen LogP contribution is -2.17. The van der Waals surface area contributed by atoms with Crippen molar-refractivity contribution in [1.82, 2.24) is 4.98 Å². The van der Waals surface area contributed by atoms with Crippen LogP contribution < -0.4 is 4.74 Å². The minimum Gasteiger partial charge on any atom is -0.487 e. The topological polar surface area (TPSA) is 81.0 Å². The van der Waals surface area contributed by atoms with Gasteiger partial charge in [-0.1, -0.05) is 79.0 Å². The second kappa shape index (κ2) is 12.9. The molecule has 0 radical (unpaired) electrons. The SMILES string of the molecule is O=C(O)c1ccc(/C=C/C=N/OC(c2ccc(OCc3ccc4ccccc4n3)cc2)C2CCCCC2)cc1. The zero-order valence-corrected chi connectivity index (χ0v) is 21.8. The Morgan fingerprint density at radius 1 is 0.949 bits per heavy atom. The molecule has 1 fully saturated rings. The lowest BCUT2D eigenvalue weighted by Gasteiger charge is -2.28. The van der Waals surface area contributed by atoms with E-state index in [0.717, 1.165) is 46.3 Å². The van der Waals surface area contributed by atoms with Gasteiger partial charge in [-0.05, 0) is 66.4 Å². The summed E-state index contributed by atoms with van der Waals surface area (Å²) in [6.45, 7) is 0.405. The van der Waals surface area contributed by atoms with E-state index >= 15 is 0 Å². The van der Waals surface area contributed by atoms with Gasteiger partial charge in [-0.15, -0.1) is 0 Å². The second-order valence-corrected chi connectivity index (χ2v) is 9.82. The molecule has 0 bridgehead atoms. The van der Waals surface area contributed by atoms with E-state index in [-0.39, 0.29) is 11.7 Å². The van der Waals surface area contributed by atoms with Gasteiger partial charge in [0.1, 0.15) is 12.4 Å². The van der Waals surface area contributed by atoms with Crippen LogP contribution in [0.3, 0.4) is 0 Å². The first-order chi connectivity index (χ1) is 19.2. The van der Waals surface area contributed by atoms with Crippen molar-refractivity contribution in [1.29, 1.82) is 0 Å². The molecule has 1 aromatic heterocycles. The molecule has 6 heteroatoms. The smallest absolute Gasteiger partial charge is 0.335 e. The molecule has 1 unspecified atom stereocenters. The van der Waals surface area contributed by atoms with Crippen molar-refractivity contribution in [2.24, 2.45) is 11.1 Å². The van der Waals surface area contributed by atoms with Crippen LogP contribution in [0.15, 0.2) is 96.2 Å². The maximum absolute atomic E-state index is 11.0. The molecule has 39 heavy (non-hydrogen) atoms. The summed E-state index contributed by atoms with van der Waals surface area (Å²) in [5.74, 6) is 0.268. The Kier molecular flexibility index (Phi) is 8.64. The monoisotopic (exact) mass is 520 g/mol. The van der Waals surface area contributed by atoms with E-state index in [9.17, 15) is 4.79 Å². The van der Waals surface area contributed by atoms with Crippen LogP contribution >= 0.6 is 0 Å². The number of carboxylic acids is 1. The van der Waals surface area contributed by atoms with Gasteiger partial charge >= 0.3 is 5.97 Å². The van der Waals surface area contributed by atoms with Gasteiger partial charge in [0.25, 0.3) is 0 Å². The number of ether oxygens (including phenoxy) is 1. The maximum Gasteiger partial charge on any atom is 0.335 e. The Morgan fingerprint density at radius 3 is 2.49 bits per heavy atom. The van der Waals surface area contributed by atoms with E-state index in [2.05, 4.69) is 34.4 Å². The van der Waals surface area contributed by atoms with Gasteiger partial charge in [0.15, 0.2) is 6.10 Å². The number of carboxylic acid groups (broad SMARTS) is 1. The van der Waals surface area contributed by atoms with Crippen LogP contribution in [0.25, 0.3) is 17.0 Å². The van der Waals surface area contributed by atoms with Crippen molar-refractivity contribution in [3.05, 3.63) is 113 Å². The number of pyridine rings is 1. The Hall–Kier alpha value is -4.45. The number of carbonyl (C=O) groups is 1. The van der Waals surface area contributed by atoms with E-state index in [1.54, 1.807) is 36.6 Å². The van der Waals surface area contributed by atoms with E-state index < -0.39 is 5.97 Å². The highest BCUT2D eigenvalue weighted by molar-refractivity contribution is 5.88. The van der Waals surface area contributed by atoms with Crippen LogP contribution in [-0.4, -0.2) is 22.3 Å². The number of fused-ring (bicyclic) bond motifs is 1. The van der Waals surface area contributed by atoms with Gasteiger partial charge in [-0.3, -0.25) is 0 Å². The third-order valence-electron chi connectivity index (χ3n) is 7.10. The summed E-state index contributed by atoms with van der Waals surface area (Å²) in [7, 11) is 0. The fourth-order valence-electron chi connectivity index (χ4n) is 4.98. The summed E-state index contributed by atoms with van der Waals surface area (Å²) in [6, 6.07) is 26.9. The predicted molar refractivity (Wildman–Crippen MR) is 154 cm³/mol. The van der Waals surface area contributed by atoms with E-state index in [4.69, 9.17) is 14.7 Å². The molecule has 5 rings (SSSR count). The zero-order valence-electron chi connectivity index (χ0n) is 21.8. The van der Waals surface area contributed by atoms with Crippen molar-refractivity contribution in [2.75, 3.05) is 0 Å². The summed E-state index contributed by atoms with van der Waals surface area (Å²) >= 11 is 0. The molecule has 6 nitrogen and oxygen atoms in total. The number of para-hydroxylation sites is 1. The summed E-state index contributed by atoms with van der Waals surface area (Å²) in [5.41, 5.74) is 4.10. The Bertz CT molecular complexity index is 1440. The molecule has 1 atom stereocenters. The summed E-state index contributed by atoms with van der Waals surface area (Å²) < 4.78 is 6.02. The first kappa shape index (κ1) is 26.2. The zero-order chi connectivity index (χ0) is 26.9. The molecule has 1 N–H and O–H groups in total. The van der Waals surface area contributed by atoms with Crippen LogP contribution in [0.5, 0.6) is 5.75 Å². The fourth-order valence-corrected chi connectivity index (χ4v) is 4.98. The Labute approximate surface area is 228 Å². The number of nitrogens with zero attached hydrogens (tertiary/aromatic N) is 2. The van der Waals surface area contributed by atoms with Crippen LogP contribution in [0.1, 0.15) is 65.4 Å². The van der Waals surface area contributed by atoms with Crippen molar-refractivity contribution in [2.45, 2.75) is 44.8 Å². The highest BCUT2D eigenvalue weighted by Gasteiger charge is 2.27. The van der Waals surface area contributed by atoms with Gasteiger partial charge in [0.05, 0.1) is 23.0 Å². The van der Waals surface area contributed by atoms with Gasteiger partial charge < -0.3 is 14.7 Å². The molecular formula is C33H32N2O4. The number of hydrogen-bond donors (Lipinski definition) is 1. The van der Waals surface area contributed by atoms with Crippen molar-refractivity contribution < 1.29 is 19.5 Å². The molecular weight excluding hydrogens is 488 g/mol. The lowest BCUT2D eigenvalue weighted by atomic mass is 9.83. The fraction of sp³-hybridized carbons (Fsp3) is 0.242. The lowest BCUT2D eigenvalue weighted by molar-refractivity contribution is 0.00280. The molecule has 0 amide bonds. The number of benzene rings is 3. The van der Waals surface area contributed by atoms with Crippen molar-refractivity contribution in [3.8, 4) is 5.75 Å². The predicted octanol–water partition coefficient (Wildman–Crippen LogP) is 7.85. The summed E-state index contributed by atoms with van der Waals surface area (Å²) in [4.78, 5) is 21.7. The van der Waals surface area contributed by atoms with Crippen molar-refractivity contribution in [3.63, 3.8) is 0 Å². The third kappa shape index (κ3) is 7.11. The molecule has 1 saturated carbocycles. The normalized spacial score (nSPS) is 15.1. The Balaban J connectivity index is 1.21. The highest BCUT2D eigenvalue weighted by atomic mass is 16.6. The molecule has 198 valence electrons. The van der Waals surface area contributed by atoms with Crippen molar-refractivity contribution >= 4 is 29.2 Å². The first-order valence-corrected chi connectivity index (χ1v) is 13.4. The van der Waals surface area contributed by atoms with Crippen LogP contribution in [0.4, 0.5) is 0 Å². The number of oxime groups is 1. The Morgan fingerprint density at radius 2 is 1.72 bits per heavy atom. The van der Waals surface area contributed by atoms with E-state index in [1.807, 2.05) is 42.5 Å².